The van der Waals surface area contributed by atoms with Crippen LogP contribution in [0.25, 0.3) is 0 Å². The summed E-state index contributed by atoms with van der Waals surface area (Å²) in [5.41, 5.74) is 0.226. The van der Waals surface area contributed by atoms with Gasteiger partial charge in [0.15, 0.2) is 6.79 Å². The van der Waals surface area contributed by atoms with Crippen LogP contribution in [0.3, 0.4) is 0 Å². The highest BCUT2D eigenvalue weighted by Gasteiger charge is 2.13. The van der Waals surface area contributed by atoms with Gasteiger partial charge in [-0.15, -0.1) is 18.2 Å². The normalized spacial score (nSPS) is 11.8. The Balaban J connectivity index is 3.62. The van der Waals surface area contributed by atoms with Crippen LogP contribution in [0, 0.1) is 0 Å². The summed E-state index contributed by atoms with van der Waals surface area (Å²) < 4.78 is 9.51. The van der Waals surface area contributed by atoms with Gasteiger partial charge >= 0.3 is 5.97 Å². The standard InChI is InChI=1S/C9H13ClO3/c1-4-5-12-6-13-9(11)7(2)8(3)10/h4,8H,1-2,5-6H2,3H3. The molecule has 0 radical (unpaired) electrons. The van der Waals surface area contributed by atoms with Gasteiger partial charge in [-0.05, 0) is 6.92 Å². The number of ether oxygens (including phenoxy) is 2. The van der Waals surface area contributed by atoms with Crippen LogP contribution >= 0.6 is 11.6 Å². The minimum absolute atomic E-state index is 0.104. The lowest BCUT2D eigenvalue weighted by Crippen LogP contribution is -2.14. The van der Waals surface area contributed by atoms with E-state index in [0.29, 0.717) is 6.61 Å². The van der Waals surface area contributed by atoms with Gasteiger partial charge in [0.2, 0.25) is 0 Å². The maximum atomic E-state index is 11.0. The topological polar surface area (TPSA) is 35.5 Å². The van der Waals surface area contributed by atoms with Crippen LogP contribution in [-0.2, 0) is 14.3 Å². The number of rotatable bonds is 6. The molecule has 0 aromatic rings. The molecular formula is C9H13ClO3. The fraction of sp³-hybridized carbons (Fsp3) is 0.444. The Bertz CT molecular complexity index is 199. The van der Waals surface area contributed by atoms with Gasteiger partial charge in [-0.1, -0.05) is 12.7 Å². The maximum absolute atomic E-state index is 11.0. The highest BCUT2D eigenvalue weighted by Crippen LogP contribution is 2.07. The van der Waals surface area contributed by atoms with E-state index in [4.69, 9.17) is 16.3 Å². The lowest BCUT2D eigenvalue weighted by atomic mass is 10.2. The molecule has 4 heteroatoms. The van der Waals surface area contributed by atoms with E-state index in [1.165, 1.54) is 0 Å². The van der Waals surface area contributed by atoms with Gasteiger partial charge in [-0.3, -0.25) is 0 Å². The molecule has 0 N–H and O–H groups in total. The summed E-state index contributed by atoms with van der Waals surface area (Å²) in [4.78, 5) is 11.0. The zero-order valence-electron chi connectivity index (χ0n) is 7.59. The molecule has 0 aromatic carbocycles. The summed E-state index contributed by atoms with van der Waals surface area (Å²) in [6, 6.07) is 0. The monoisotopic (exact) mass is 204 g/mol. The molecule has 0 spiro atoms. The molecule has 1 atom stereocenters. The first kappa shape index (κ1) is 12.2. The summed E-state index contributed by atoms with van der Waals surface area (Å²) in [7, 11) is 0. The molecule has 0 saturated heterocycles. The van der Waals surface area contributed by atoms with Crippen LogP contribution in [0.4, 0.5) is 0 Å². The van der Waals surface area contributed by atoms with Gasteiger partial charge in [-0.2, -0.15) is 0 Å². The van der Waals surface area contributed by atoms with Gasteiger partial charge < -0.3 is 9.47 Å². The van der Waals surface area contributed by atoms with E-state index >= 15 is 0 Å². The third-order valence-electron chi connectivity index (χ3n) is 1.25. The van der Waals surface area contributed by atoms with Crippen molar-refractivity contribution in [2.24, 2.45) is 0 Å². The second kappa shape index (κ2) is 6.69. The van der Waals surface area contributed by atoms with Crippen molar-refractivity contribution in [1.29, 1.82) is 0 Å². The Labute approximate surface area is 83.0 Å². The Morgan fingerprint density at radius 1 is 1.69 bits per heavy atom. The summed E-state index contributed by atoms with van der Waals surface area (Å²) in [5, 5.41) is -0.424. The number of hydrogen-bond acceptors (Lipinski definition) is 3. The average Bonchev–Trinajstić information content (AvgIpc) is 2.10. The van der Waals surface area contributed by atoms with Gasteiger partial charge in [0, 0.05) is 5.57 Å². The van der Waals surface area contributed by atoms with Crippen molar-refractivity contribution in [2.75, 3.05) is 13.4 Å². The highest BCUT2D eigenvalue weighted by atomic mass is 35.5. The molecule has 0 fully saturated rings. The van der Waals surface area contributed by atoms with E-state index in [1.807, 2.05) is 0 Å². The molecule has 74 valence electrons. The first-order chi connectivity index (χ1) is 6.09. The Kier molecular flexibility index (Phi) is 6.28. The quantitative estimate of drug-likeness (QED) is 0.166. The van der Waals surface area contributed by atoms with Crippen LogP contribution in [-0.4, -0.2) is 24.7 Å². The van der Waals surface area contributed by atoms with Crippen LogP contribution in [0.15, 0.2) is 24.8 Å². The Morgan fingerprint density at radius 3 is 2.77 bits per heavy atom. The lowest BCUT2D eigenvalue weighted by Gasteiger charge is -2.07. The summed E-state index contributed by atoms with van der Waals surface area (Å²) in [5.74, 6) is -0.536. The van der Waals surface area contributed by atoms with E-state index in [2.05, 4.69) is 17.9 Å². The predicted octanol–water partition coefficient (Wildman–Crippen LogP) is 1.87. The third kappa shape index (κ3) is 5.44. The molecule has 3 nitrogen and oxygen atoms in total. The molecule has 0 aromatic heterocycles. The molecule has 0 rings (SSSR count). The van der Waals surface area contributed by atoms with Crippen molar-refractivity contribution in [3.8, 4) is 0 Å². The van der Waals surface area contributed by atoms with Gasteiger partial charge in [0.25, 0.3) is 0 Å². The van der Waals surface area contributed by atoms with Gasteiger partial charge in [0.1, 0.15) is 0 Å². The number of carbonyl (C=O) groups is 1. The van der Waals surface area contributed by atoms with Gasteiger partial charge in [0.05, 0.1) is 12.0 Å². The molecule has 0 bridgehead atoms. The molecule has 0 heterocycles. The van der Waals surface area contributed by atoms with Crippen LogP contribution in [0.1, 0.15) is 6.92 Å². The first-order valence-corrected chi connectivity index (χ1v) is 4.22. The number of alkyl halides is 1. The van der Waals surface area contributed by atoms with Crippen LogP contribution in [0.2, 0.25) is 0 Å². The van der Waals surface area contributed by atoms with Crippen molar-refractivity contribution < 1.29 is 14.3 Å². The van der Waals surface area contributed by atoms with Crippen molar-refractivity contribution in [1.82, 2.24) is 0 Å². The Morgan fingerprint density at radius 2 is 2.31 bits per heavy atom. The fourth-order valence-corrected chi connectivity index (χ4v) is 0.571. The molecule has 1 unspecified atom stereocenters. The van der Waals surface area contributed by atoms with Crippen molar-refractivity contribution >= 4 is 17.6 Å². The fourth-order valence-electron chi connectivity index (χ4n) is 0.482. The SMILES string of the molecule is C=CCOCOC(=O)C(=C)C(C)Cl. The van der Waals surface area contributed by atoms with E-state index in [1.54, 1.807) is 13.0 Å². The molecule has 13 heavy (non-hydrogen) atoms. The second-order valence-electron chi connectivity index (χ2n) is 2.35. The first-order valence-electron chi connectivity index (χ1n) is 3.78. The summed E-state index contributed by atoms with van der Waals surface area (Å²) >= 11 is 5.61. The molecule has 0 amide bonds. The smallest absolute Gasteiger partial charge is 0.337 e. The van der Waals surface area contributed by atoms with Crippen LogP contribution in [0.5, 0.6) is 0 Å². The maximum Gasteiger partial charge on any atom is 0.337 e. The number of esters is 1. The molecule has 0 saturated carbocycles. The van der Waals surface area contributed by atoms with E-state index < -0.39 is 11.3 Å². The number of halogens is 1. The number of hydrogen-bond donors (Lipinski definition) is 0. The average molecular weight is 205 g/mol. The van der Waals surface area contributed by atoms with Crippen molar-refractivity contribution in [3.63, 3.8) is 0 Å². The summed E-state index contributed by atoms with van der Waals surface area (Å²) in [6.45, 7) is 8.80. The Hall–Kier alpha value is -0.800. The molecule has 0 aliphatic rings. The third-order valence-corrected chi connectivity index (χ3v) is 1.51. The minimum atomic E-state index is -0.536. The van der Waals surface area contributed by atoms with Crippen LogP contribution < -0.4 is 0 Å². The second-order valence-corrected chi connectivity index (χ2v) is 3.01. The molecule has 0 aliphatic carbocycles. The van der Waals surface area contributed by atoms with Gasteiger partial charge in [-0.25, -0.2) is 4.79 Å². The van der Waals surface area contributed by atoms with E-state index in [-0.39, 0.29) is 12.4 Å². The zero-order chi connectivity index (χ0) is 10.3. The zero-order valence-corrected chi connectivity index (χ0v) is 8.34. The van der Waals surface area contributed by atoms with Crippen molar-refractivity contribution in [2.45, 2.75) is 12.3 Å². The predicted molar refractivity (Wildman–Crippen MR) is 51.6 cm³/mol. The lowest BCUT2D eigenvalue weighted by molar-refractivity contribution is -0.150. The number of carbonyl (C=O) groups excluding carboxylic acids is 1. The minimum Gasteiger partial charge on any atom is -0.435 e. The molecule has 0 aliphatic heterocycles. The molecular weight excluding hydrogens is 192 g/mol. The van der Waals surface area contributed by atoms with Crippen molar-refractivity contribution in [3.05, 3.63) is 24.8 Å². The largest absolute Gasteiger partial charge is 0.435 e. The van der Waals surface area contributed by atoms with E-state index in [0.717, 1.165) is 0 Å². The highest BCUT2D eigenvalue weighted by molar-refractivity contribution is 6.24. The van der Waals surface area contributed by atoms with E-state index in [9.17, 15) is 4.79 Å². The summed E-state index contributed by atoms with van der Waals surface area (Å²) in [6.07, 6.45) is 1.56.